The van der Waals surface area contributed by atoms with E-state index < -0.39 is 5.92 Å². The Bertz CT molecular complexity index is 1380. The minimum absolute atomic E-state index is 0.0199. The van der Waals surface area contributed by atoms with Crippen LogP contribution < -0.4 is 10.9 Å². The average Bonchev–Trinajstić information content (AvgIpc) is 3.47. The number of aromatic amines is 1. The molecule has 32 heavy (non-hydrogen) atoms. The van der Waals surface area contributed by atoms with Gasteiger partial charge in [-0.1, -0.05) is 24.3 Å². The summed E-state index contributed by atoms with van der Waals surface area (Å²) in [5, 5.41) is 6.59. The predicted octanol–water partition coefficient (Wildman–Crippen LogP) is 4.11. The number of ketones is 1. The Labute approximate surface area is 183 Å². The second-order valence-electron chi connectivity index (χ2n) is 8.16. The number of pyridine rings is 1. The zero-order chi connectivity index (χ0) is 21.7. The van der Waals surface area contributed by atoms with Gasteiger partial charge in [-0.3, -0.25) is 19.7 Å². The van der Waals surface area contributed by atoms with Crippen molar-refractivity contribution < 1.29 is 9.21 Å². The molecule has 158 valence electrons. The molecule has 0 radical (unpaired) electrons. The number of hydrogen-bond acceptors (Lipinski definition) is 5. The van der Waals surface area contributed by atoms with E-state index in [1.165, 1.54) is 4.68 Å². The molecule has 1 aliphatic heterocycles. The van der Waals surface area contributed by atoms with Crippen LogP contribution in [0.5, 0.6) is 0 Å². The summed E-state index contributed by atoms with van der Waals surface area (Å²) in [6.45, 7) is 0. The number of benzene rings is 1. The molecule has 2 atom stereocenters. The van der Waals surface area contributed by atoms with Gasteiger partial charge in [0.2, 0.25) is 0 Å². The fourth-order valence-corrected chi connectivity index (χ4v) is 4.86. The Balaban J connectivity index is 1.53. The second-order valence-corrected chi connectivity index (χ2v) is 8.16. The van der Waals surface area contributed by atoms with Crippen LogP contribution in [0, 0.1) is 0 Å². The lowest BCUT2D eigenvalue weighted by atomic mass is 9.74. The van der Waals surface area contributed by atoms with Gasteiger partial charge in [0.25, 0.3) is 5.56 Å². The van der Waals surface area contributed by atoms with Crippen LogP contribution in [-0.4, -0.2) is 20.5 Å². The normalized spacial score (nSPS) is 19.9. The second kappa shape index (κ2) is 7.23. The van der Waals surface area contributed by atoms with E-state index in [0.29, 0.717) is 29.8 Å². The van der Waals surface area contributed by atoms with Crippen molar-refractivity contribution in [2.75, 3.05) is 5.32 Å². The highest BCUT2D eigenvalue weighted by Crippen LogP contribution is 2.46. The zero-order valence-electron chi connectivity index (χ0n) is 17.1. The van der Waals surface area contributed by atoms with Crippen LogP contribution in [0.25, 0.3) is 5.69 Å². The van der Waals surface area contributed by atoms with Gasteiger partial charge in [0, 0.05) is 41.9 Å². The number of Topliss-reactive ketones (excluding diaryl/α,β-unsaturated/α-hetero) is 1. The maximum absolute atomic E-state index is 13.6. The Morgan fingerprint density at radius 2 is 1.88 bits per heavy atom. The third-order valence-corrected chi connectivity index (χ3v) is 6.27. The van der Waals surface area contributed by atoms with Crippen LogP contribution in [0.1, 0.15) is 41.6 Å². The van der Waals surface area contributed by atoms with E-state index in [-0.39, 0.29) is 17.3 Å². The summed E-state index contributed by atoms with van der Waals surface area (Å²) in [4.78, 5) is 31.2. The molecule has 3 aromatic heterocycles. The Morgan fingerprint density at radius 1 is 1.00 bits per heavy atom. The smallest absolute Gasteiger partial charge is 0.277 e. The van der Waals surface area contributed by atoms with Crippen molar-refractivity contribution in [3.63, 3.8) is 0 Å². The lowest BCUT2D eigenvalue weighted by Crippen LogP contribution is -2.32. The number of nitrogens with one attached hydrogen (secondary N) is 2. The number of furan rings is 1. The standard InChI is InChI=1S/C25H20N4O3/c30-19-13-16(20-9-5-11-32-20)12-18-22(19)21(15-6-4-10-26-14-15)23-24(27-18)28-29(25(23)31)17-7-2-1-3-8-17/h1-11,14,16,21,27-28H,12-13H2/t16-,21-/m1/s1. The van der Waals surface area contributed by atoms with E-state index in [9.17, 15) is 9.59 Å². The molecule has 0 bridgehead atoms. The maximum atomic E-state index is 13.6. The highest BCUT2D eigenvalue weighted by atomic mass is 16.3. The quantitative estimate of drug-likeness (QED) is 0.516. The maximum Gasteiger partial charge on any atom is 0.277 e. The van der Waals surface area contributed by atoms with Gasteiger partial charge in [0.1, 0.15) is 11.6 Å². The number of anilines is 1. The van der Waals surface area contributed by atoms with E-state index in [4.69, 9.17) is 4.42 Å². The topological polar surface area (TPSA) is 92.9 Å². The van der Waals surface area contributed by atoms with Crippen LogP contribution in [0.4, 0.5) is 5.82 Å². The van der Waals surface area contributed by atoms with E-state index in [1.54, 1.807) is 18.7 Å². The van der Waals surface area contributed by atoms with Crippen molar-refractivity contribution in [2.45, 2.75) is 24.7 Å². The predicted molar refractivity (Wildman–Crippen MR) is 119 cm³/mol. The molecule has 2 aliphatic rings. The number of allylic oxidation sites excluding steroid dienone is 2. The molecule has 0 saturated carbocycles. The first-order valence-electron chi connectivity index (χ1n) is 10.6. The molecule has 6 rings (SSSR count). The number of carbonyl (C=O) groups is 1. The van der Waals surface area contributed by atoms with Crippen molar-refractivity contribution in [2.24, 2.45) is 0 Å². The summed E-state index contributed by atoms with van der Waals surface area (Å²) >= 11 is 0. The Kier molecular flexibility index (Phi) is 4.21. The van der Waals surface area contributed by atoms with Crippen molar-refractivity contribution in [1.29, 1.82) is 0 Å². The van der Waals surface area contributed by atoms with Crippen molar-refractivity contribution >= 4 is 11.6 Å². The van der Waals surface area contributed by atoms with Crippen LogP contribution in [0.15, 0.2) is 93.7 Å². The first-order valence-corrected chi connectivity index (χ1v) is 10.6. The minimum atomic E-state index is -0.478. The molecule has 0 spiro atoms. The molecule has 0 saturated heterocycles. The third kappa shape index (κ3) is 2.85. The lowest BCUT2D eigenvalue weighted by Gasteiger charge is -2.33. The fraction of sp³-hybridized carbons (Fsp3) is 0.160. The molecular weight excluding hydrogens is 404 g/mol. The highest BCUT2D eigenvalue weighted by molar-refractivity contribution is 6.01. The molecule has 1 aliphatic carbocycles. The van der Waals surface area contributed by atoms with Gasteiger partial charge in [-0.15, -0.1) is 0 Å². The summed E-state index contributed by atoms with van der Waals surface area (Å²) in [5.41, 5.74) is 3.38. The zero-order valence-corrected chi connectivity index (χ0v) is 17.1. The monoisotopic (exact) mass is 424 g/mol. The van der Waals surface area contributed by atoms with Gasteiger partial charge in [-0.2, -0.15) is 0 Å². The molecule has 0 unspecified atom stereocenters. The number of H-pyrrole nitrogens is 1. The van der Waals surface area contributed by atoms with Crippen LogP contribution in [-0.2, 0) is 4.79 Å². The highest BCUT2D eigenvalue weighted by Gasteiger charge is 2.41. The van der Waals surface area contributed by atoms with Crippen LogP contribution >= 0.6 is 0 Å². The summed E-state index contributed by atoms with van der Waals surface area (Å²) < 4.78 is 7.11. The van der Waals surface area contributed by atoms with E-state index >= 15 is 0 Å². The van der Waals surface area contributed by atoms with Gasteiger partial charge in [0.05, 0.1) is 17.5 Å². The SMILES string of the molecule is O=C1C[C@H](c2ccco2)CC2=C1[C@@H](c1cccnc1)c1c([nH]n(-c3ccccc3)c1=O)N2. The van der Waals surface area contributed by atoms with Gasteiger partial charge in [0.15, 0.2) is 5.78 Å². The Hall–Kier alpha value is -4.13. The number of aromatic nitrogens is 3. The summed E-state index contributed by atoms with van der Waals surface area (Å²) in [5.74, 6) is 0.910. The van der Waals surface area contributed by atoms with Gasteiger partial charge in [-0.05, 0) is 42.3 Å². The number of nitrogens with zero attached hydrogens (tertiary/aromatic N) is 2. The number of fused-ring (bicyclic) bond motifs is 1. The number of para-hydroxylation sites is 1. The summed E-state index contributed by atoms with van der Waals surface area (Å²) in [7, 11) is 0. The first-order chi connectivity index (χ1) is 15.7. The van der Waals surface area contributed by atoms with Gasteiger partial charge >= 0.3 is 0 Å². The minimum Gasteiger partial charge on any atom is -0.469 e. The molecular formula is C25H20N4O3. The number of hydrogen-bond donors (Lipinski definition) is 2. The molecule has 2 N–H and O–H groups in total. The molecule has 0 fully saturated rings. The molecule has 1 aromatic carbocycles. The molecule has 7 nitrogen and oxygen atoms in total. The number of rotatable bonds is 3. The largest absolute Gasteiger partial charge is 0.469 e. The Morgan fingerprint density at radius 3 is 2.62 bits per heavy atom. The van der Waals surface area contributed by atoms with Crippen LogP contribution in [0.2, 0.25) is 0 Å². The van der Waals surface area contributed by atoms with Gasteiger partial charge < -0.3 is 9.73 Å². The van der Waals surface area contributed by atoms with Gasteiger partial charge in [-0.25, -0.2) is 4.68 Å². The van der Waals surface area contributed by atoms with E-state index in [2.05, 4.69) is 15.4 Å². The average molecular weight is 424 g/mol. The third-order valence-electron chi connectivity index (χ3n) is 6.27. The van der Waals surface area contributed by atoms with Crippen molar-refractivity contribution in [3.8, 4) is 5.69 Å². The molecule has 7 heteroatoms. The van der Waals surface area contributed by atoms with Crippen molar-refractivity contribution in [3.05, 3.63) is 112 Å². The molecule has 4 heterocycles. The fourth-order valence-electron chi connectivity index (χ4n) is 4.86. The molecule has 0 amide bonds. The van der Waals surface area contributed by atoms with Crippen LogP contribution in [0.3, 0.4) is 0 Å². The summed E-state index contributed by atoms with van der Waals surface area (Å²) in [6, 6.07) is 16.9. The molecule has 4 aromatic rings. The van der Waals surface area contributed by atoms with E-state index in [0.717, 1.165) is 22.7 Å². The summed E-state index contributed by atoms with van der Waals surface area (Å²) in [6.07, 6.45) is 6.03. The number of carbonyl (C=O) groups excluding carboxylic acids is 1. The van der Waals surface area contributed by atoms with Crippen molar-refractivity contribution in [1.82, 2.24) is 14.8 Å². The lowest BCUT2D eigenvalue weighted by molar-refractivity contribution is -0.116. The van der Waals surface area contributed by atoms with E-state index in [1.807, 2.05) is 54.6 Å². The first kappa shape index (κ1) is 18.6.